The third-order valence-electron chi connectivity index (χ3n) is 2.35. The Hall–Kier alpha value is -2.19. The molecule has 5 nitrogen and oxygen atoms in total. The molecule has 1 aromatic heterocycles. The van der Waals surface area contributed by atoms with Crippen LogP contribution in [-0.2, 0) is 19.9 Å². The summed E-state index contributed by atoms with van der Waals surface area (Å²) in [5.41, 5.74) is -6.34. The molecule has 0 bridgehead atoms. The van der Waals surface area contributed by atoms with Gasteiger partial charge in [-0.2, -0.15) is 13.2 Å². The van der Waals surface area contributed by atoms with E-state index in [-0.39, 0.29) is 0 Å². The number of carbonyl (C=O) groups excluding carboxylic acids is 2. The summed E-state index contributed by atoms with van der Waals surface area (Å²) in [6.45, 7) is 0. The molecular weight excluding hydrogens is 286 g/mol. The fourth-order valence-corrected chi connectivity index (χ4v) is 1.35. The third kappa shape index (κ3) is 2.56. The Kier molecular flexibility index (Phi) is 4.31. The van der Waals surface area contributed by atoms with E-state index in [1.165, 1.54) is 0 Å². The van der Waals surface area contributed by atoms with Crippen LogP contribution in [0.5, 0.6) is 0 Å². The first-order chi connectivity index (χ1) is 9.18. The van der Waals surface area contributed by atoms with Gasteiger partial charge in [-0.1, -0.05) is 6.07 Å². The van der Waals surface area contributed by atoms with E-state index in [0.717, 1.165) is 19.2 Å². The molecule has 0 aromatic carbocycles. The van der Waals surface area contributed by atoms with Crippen molar-refractivity contribution in [3.63, 3.8) is 0 Å². The highest BCUT2D eigenvalue weighted by atomic mass is 19.4. The van der Waals surface area contributed by atoms with Crippen molar-refractivity contribution in [3.05, 3.63) is 29.6 Å². The van der Waals surface area contributed by atoms with Crippen LogP contribution in [0.25, 0.3) is 0 Å². The number of carbonyl (C=O) groups is 2. The molecule has 1 aromatic rings. The van der Waals surface area contributed by atoms with Gasteiger partial charge in [0.15, 0.2) is 0 Å². The zero-order chi connectivity index (χ0) is 15.6. The van der Waals surface area contributed by atoms with Gasteiger partial charge >= 0.3 is 23.8 Å². The van der Waals surface area contributed by atoms with Crippen molar-refractivity contribution in [2.45, 2.75) is 11.8 Å². The quantitative estimate of drug-likeness (QED) is 0.628. The second kappa shape index (κ2) is 5.43. The molecule has 0 aliphatic rings. The zero-order valence-electron chi connectivity index (χ0n) is 10.3. The summed E-state index contributed by atoms with van der Waals surface area (Å²) in [7, 11) is 1.58. The maximum absolute atomic E-state index is 14.2. The minimum absolute atomic E-state index is 0.569. The largest absolute Gasteiger partial charge is 0.466 e. The summed E-state index contributed by atoms with van der Waals surface area (Å²) in [4.78, 5) is 25.5. The maximum atomic E-state index is 14.2. The lowest BCUT2D eigenvalue weighted by Crippen LogP contribution is -2.47. The van der Waals surface area contributed by atoms with Crippen molar-refractivity contribution in [3.8, 4) is 0 Å². The van der Waals surface area contributed by atoms with E-state index in [2.05, 4.69) is 14.5 Å². The lowest BCUT2D eigenvalue weighted by molar-refractivity contribution is -0.243. The normalized spacial score (nSPS) is 14.3. The molecule has 1 heterocycles. The Balaban J connectivity index is 3.44. The first-order valence-electron chi connectivity index (χ1n) is 5.08. The van der Waals surface area contributed by atoms with Crippen LogP contribution in [0.4, 0.5) is 17.6 Å². The Morgan fingerprint density at radius 1 is 1.10 bits per heavy atom. The van der Waals surface area contributed by atoms with Crippen LogP contribution >= 0.6 is 0 Å². The molecule has 20 heavy (non-hydrogen) atoms. The zero-order valence-corrected chi connectivity index (χ0v) is 10.3. The molecule has 0 N–H and O–H groups in total. The molecule has 1 unspecified atom stereocenters. The van der Waals surface area contributed by atoms with Gasteiger partial charge < -0.3 is 9.47 Å². The SMILES string of the molecule is COC(=O)c1cccc(C(F)(C(=O)OC)C(F)(F)F)n1. The van der Waals surface area contributed by atoms with Crippen LogP contribution in [0, 0.1) is 0 Å². The standard InChI is InChI=1S/C11H9F4NO4/c1-19-8(17)6-4-3-5-7(16-6)10(12,9(18)20-2)11(13,14)15/h3-5H,1-2H3. The van der Waals surface area contributed by atoms with Crippen molar-refractivity contribution in [1.82, 2.24) is 4.98 Å². The molecule has 9 heteroatoms. The highest BCUT2D eigenvalue weighted by molar-refractivity contribution is 5.88. The monoisotopic (exact) mass is 295 g/mol. The summed E-state index contributed by atoms with van der Waals surface area (Å²) in [5, 5.41) is 0. The summed E-state index contributed by atoms with van der Waals surface area (Å²) in [6, 6.07) is 2.58. The van der Waals surface area contributed by atoms with E-state index in [9.17, 15) is 27.2 Å². The fraction of sp³-hybridized carbons (Fsp3) is 0.364. The number of alkyl halides is 4. The Morgan fingerprint density at radius 2 is 1.70 bits per heavy atom. The first kappa shape index (κ1) is 15.9. The number of nitrogens with zero attached hydrogens (tertiary/aromatic N) is 1. The summed E-state index contributed by atoms with van der Waals surface area (Å²) in [5.74, 6) is -3.25. The average molecular weight is 295 g/mol. The molecule has 1 rings (SSSR count). The number of hydrogen-bond donors (Lipinski definition) is 0. The molecule has 0 saturated carbocycles. The number of ether oxygens (including phenoxy) is 2. The Morgan fingerprint density at radius 3 is 2.15 bits per heavy atom. The fourth-order valence-electron chi connectivity index (χ4n) is 1.35. The van der Waals surface area contributed by atoms with E-state index < -0.39 is 35.2 Å². The van der Waals surface area contributed by atoms with E-state index in [1.54, 1.807) is 0 Å². The van der Waals surface area contributed by atoms with Crippen molar-refractivity contribution >= 4 is 11.9 Å². The maximum Gasteiger partial charge on any atom is 0.439 e. The summed E-state index contributed by atoms with van der Waals surface area (Å²) in [6.07, 6.45) is -5.60. The molecule has 0 amide bonds. The van der Waals surface area contributed by atoms with Gasteiger partial charge in [-0.3, -0.25) is 0 Å². The van der Waals surface area contributed by atoms with Crippen LogP contribution in [0.3, 0.4) is 0 Å². The number of aromatic nitrogens is 1. The number of halogens is 4. The summed E-state index contributed by atoms with van der Waals surface area (Å²) >= 11 is 0. The third-order valence-corrected chi connectivity index (χ3v) is 2.35. The van der Waals surface area contributed by atoms with E-state index in [4.69, 9.17) is 0 Å². The predicted octanol–water partition coefficient (Wildman–Crippen LogP) is 1.77. The van der Waals surface area contributed by atoms with Crippen LogP contribution in [0.2, 0.25) is 0 Å². The van der Waals surface area contributed by atoms with Gasteiger partial charge in [-0.15, -0.1) is 0 Å². The number of rotatable bonds is 3. The second-order valence-corrected chi connectivity index (χ2v) is 3.55. The number of hydrogen-bond acceptors (Lipinski definition) is 5. The lowest BCUT2D eigenvalue weighted by atomic mass is 10.00. The molecule has 110 valence electrons. The van der Waals surface area contributed by atoms with Gasteiger partial charge in [0.25, 0.3) is 0 Å². The van der Waals surface area contributed by atoms with Crippen LogP contribution in [0.1, 0.15) is 16.2 Å². The molecule has 0 aliphatic carbocycles. The number of methoxy groups -OCH3 is 2. The van der Waals surface area contributed by atoms with Crippen molar-refractivity contribution in [2.24, 2.45) is 0 Å². The van der Waals surface area contributed by atoms with Gasteiger partial charge in [0.05, 0.1) is 19.9 Å². The molecule has 1 atom stereocenters. The van der Waals surface area contributed by atoms with E-state index in [0.29, 0.717) is 13.2 Å². The molecule has 0 radical (unpaired) electrons. The van der Waals surface area contributed by atoms with Crippen molar-refractivity contribution < 1.29 is 36.6 Å². The average Bonchev–Trinajstić information content (AvgIpc) is 2.43. The van der Waals surface area contributed by atoms with E-state index >= 15 is 0 Å². The van der Waals surface area contributed by atoms with Gasteiger partial charge in [-0.25, -0.2) is 19.0 Å². The molecule has 0 spiro atoms. The topological polar surface area (TPSA) is 65.5 Å². The molecule has 0 saturated heterocycles. The minimum Gasteiger partial charge on any atom is -0.466 e. The van der Waals surface area contributed by atoms with Crippen LogP contribution < -0.4 is 0 Å². The van der Waals surface area contributed by atoms with Gasteiger partial charge in [0, 0.05) is 0 Å². The van der Waals surface area contributed by atoms with Gasteiger partial charge in [0.2, 0.25) is 0 Å². The lowest BCUT2D eigenvalue weighted by Gasteiger charge is -2.24. The smallest absolute Gasteiger partial charge is 0.439 e. The molecule has 0 aliphatic heterocycles. The summed E-state index contributed by atoms with van der Waals surface area (Å²) < 4.78 is 60.7. The van der Waals surface area contributed by atoms with Crippen molar-refractivity contribution in [2.75, 3.05) is 14.2 Å². The second-order valence-electron chi connectivity index (χ2n) is 3.55. The molecular formula is C11H9F4NO4. The van der Waals surface area contributed by atoms with Gasteiger partial charge in [0.1, 0.15) is 5.69 Å². The van der Waals surface area contributed by atoms with Gasteiger partial charge in [-0.05, 0) is 12.1 Å². The highest BCUT2D eigenvalue weighted by Gasteiger charge is 2.65. The first-order valence-corrected chi connectivity index (χ1v) is 5.08. The minimum atomic E-state index is -5.60. The number of pyridine rings is 1. The van der Waals surface area contributed by atoms with Crippen molar-refractivity contribution in [1.29, 1.82) is 0 Å². The Bertz CT molecular complexity index is 531. The Labute approximate surface area is 110 Å². The predicted molar refractivity (Wildman–Crippen MR) is 56.4 cm³/mol. The van der Waals surface area contributed by atoms with Crippen LogP contribution in [-0.4, -0.2) is 37.3 Å². The van der Waals surface area contributed by atoms with E-state index in [1.807, 2.05) is 0 Å². The van der Waals surface area contributed by atoms with Crippen LogP contribution in [0.15, 0.2) is 18.2 Å². The number of esters is 2. The molecule has 0 fully saturated rings. The highest BCUT2D eigenvalue weighted by Crippen LogP contribution is 2.42.